The molecule has 0 saturated carbocycles. The van der Waals surface area contributed by atoms with Gasteiger partial charge in [-0.1, -0.05) is 11.3 Å². The number of halogens is 4. The first-order valence-corrected chi connectivity index (χ1v) is 10.8. The fourth-order valence-corrected chi connectivity index (χ4v) is 4.61. The molecule has 13 heteroatoms. The second-order valence-corrected chi connectivity index (χ2v) is 8.59. The monoisotopic (exact) mass is 495 g/mol. The van der Waals surface area contributed by atoms with Gasteiger partial charge in [0.1, 0.15) is 17.2 Å². The maximum Gasteiger partial charge on any atom is 0.268 e. The number of nitrogens with two attached hydrogens (primary N) is 1. The summed E-state index contributed by atoms with van der Waals surface area (Å²) in [7, 11) is 1.27. The number of nitrogen functional groups attached to an aromatic ring is 1. The first-order chi connectivity index (χ1) is 17.8. The highest BCUT2D eigenvalue weighted by Crippen LogP contribution is 2.46. The van der Waals surface area contributed by atoms with Crippen LogP contribution in [0.25, 0.3) is 27.7 Å². The maximum absolute atomic E-state index is 16.4. The van der Waals surface area contributed by atoms with E-state index in [-0.39, 0.29) is 48.0 Å². The van der Waals surface area contributed by atoms with E-state index in [9.17, 15) is 4.39 Å². The van der Waals surface area contributed by atoms with E-state index < -0.39 is 43.0 Å². The Morgan fingerprint density at radius 1 is 1.37 bits per heavy atom. The number of likely N-dealkylation sites (tertiary alicyclic amines) is 1. The van der Waals surface area contributed by atoms with Gasteiger partial charge in [-0.3, -0.25) is 0 Å². The Hall–Kier alpha value is -3.48. The van der Waals surface area contributed by atoms with Crippen LogP contribution in [0.5, 0.6) is 5.88 Å². The highest BCUT2D eigenvalue weighted by atomic mass is 19.3. The fourth-order valence-electron chi connectivity index (χ4n) is 4.61. The molecule has 4 heterocycles. The van der Waals surface area contributed by atoms with Crippen molar-refractivity contribution in [2.24, 2.45) is 0 Å². The van der Waals surface area contributed by atoms with Gasteiger partial charge in [0.2, 0.25) is 11.8 Å². The normalized spacial score (nSPS) is 21.1. The Balaban J connectivity index is 1.73. The zero-order valence-electron chi connectivity index (χ0n) is 21.8. The standard InChI is InChI=1S/C22H24F4N8O/c1-11(23)9-33-15-8-12(4-5-14(15)29-31-33)16-17(24)18(13-6-7-32(2)10-22(13,25)26)34-19(16)20(35-3)28-21(27)30-34/h4-5,8,11,13H,6-7,9-10H2,1-3H3,(H2,27,30)/t11-,13+/m0/s1/i2D3. The molecule has 2 N–H and O–H groups in total. The van der Waals surface area contributed by atoms with Gasteiger partial charge in [0.05, 0.1) is 42.9 Å². The molecule has 1 aliphatic heterocycles. The number of piperidine rings is 1. The number of nitrogens with zero attached hydrogens (tertiary/aromatic N) is 7. The van der Waals surface area contributed by atoms with E-state index in [0.717, 1.165) is 4.52 Å². The molecule has 0 radical (unpaired) electrons. The summed E-state index contributed by atoms with van der Waals surface area (Å²) >= 11 is 0. The fraction of sp³-hybridized carbons (Fsp3) is 0.455. The number of anilines is 1. The van der Waals surface area contributed by atoms with Gasteiger partial charge in [0.25, 0.3) is 5.92 Å². The van der Waals surface area contributed by atoms with Crippen molar-refractivity contribution in [3.05, 3.63) is 29.7 Å². The minimum atomic E-state index is -3.62. The zero-order valence-corrected chi connectivity index (χ0v) is 18.8. The smallest absolute Gasteiger partial charge is 0.268 e. The van der Waals surface area contributed by atoms with Gasteiger partial charge in [-0.2, -0.15) is 4.98 Å². The topological polar surface area (TPSA) is 99.4 Å². The minimum Gasteiger partial charge on any atom is -0.479 e. The molecule has 1 saturated heterocycles. The van der Waals surface area contributed by atoms with E-state index >= 15 is 13.2 Å². The van der Waals surface area contributed by atoms with Crippen molar-refractivity contribution in [1.82, 2.24) is 34.5 Å². The molecule has 1 fully saturated rings. The molecular formula is C22H24F4N8O. The van der Waals surface area contributed by atoms with Gasteiger partial charge >= 0.3 is 0 Å². The second-order valence-electron chi connectivity index (χ2n) is 8.59. The lowest BCUT2D eigenvalue weighted by molar-refractivity contribution is -0.0788. The highest BCUT2D eigenvalue weighted by molar-refractivity contribution is 5.90. The van der Waals surface area contributed by atoms with Crippen LogP contribution >= 0.6 is 0 Å². The number of aromatic nitrogens is 6. The van der Waals surface area contributed by atoms with Crippen molar-refractivity contribution >= 4 is 22.5 Å². The van der Waals surface area contributed by atoms with Gasteiger partial charge in [-0.25, -0.2) is 26.8 Å². The molecule has 186 valence electrons. The van der Waals surface area contributed by atoms with E-state index in [1.165, 1.54) is 30.8 Å². The number of fused-ring (bicyclic) bond motifs is 2. The first-order valence-electron chi connectivity index (χ1n) is 12.3. The summed E-state index contributed by atoms with van der Waals surface area (Å²) < 4.78 is 91.1. The number of hydrogen-bond acceptors (Lipinski definition) is 7. The number of methoxy groups -OCH3 is 1. The summed E-state index contributed by atoms with van der Waals surface area (Å²) in [6.45, 7) is -2.77. The third kappa shape index (κ3) is 3.83. The SMILES string of the molecule is [2H]C([2H])([2H])N1CC[C@H](c2c(F)c(-c3ccc4nnn(C[C@H](C)F)c4c3)c3c(OC)nc(N)nn23)C(F)(F)C1. The molecule has 0 bridgehead atoms. The van der Waals surface area contributed by atoms with Crippen LogP contribution in [-0.2, 0) is 6.54 Å². The number of rotatable bonds is 5. The Labute approximate surface area is 201 Å². The van der Waals surface area contributed by atoms with Crippen LogP contribution in [0.4, 0.5) is 23.5 Å². The molecule has 0 unspecified atom stereocenters. The molecule has 2 atom stereocenters. The predicted molar refractivity (Wildman–Crippen MR) is 121 cm³/mol. The third-order valence-corrected chi connectivity index (χ3v) is 6.09. The van der Waals surface area contributed by atoms with Crippen LogP contribution in [0, 0.1) is 5.82 Å². The van der Waals surface area contributed by atoms with E-state index in [4.69, 9.17) is 14.6 Å². The van der Waals surface area contributed by atoms with Gasteiger partial charge in [-0.05, 0) is 44.6 Å². The van der Waals surface area contributed by atoms with Crippen LogP contribution in [0.2, 0.25) is 0 Å². The van der Waals surface area contributed by atoms with Gasteiger partial charge in [-0.15, -0.1) is 10.2 Å². The maximum atomic E-state index is 16.4. The summed E-state index contributed by atoms with van der Waals surface area (Å²) in [4.78, 5) is 4.69. The summed E-state index contributed by atoms with van der Waals surface area (Å²) in [5.74, 6) is -6.83. The van der Waals surface area contributed by atoms with E-state index in [1.807, 2.05) is 0 Å². The van der Waals surface area contributed by atoms with Gasteiger partial charge < -0.3 is 15.4 Å². The van der Waals surface area contributed by atoms with Crippen molar-refractivity contribution in [1.29, 1.82) is 0 Å². The molecule has 0 amide bonds. The van der Waals surface area contributed by atoms with Gasteiger partial charge in [0.15, 0.2) is 5.82 Å². The first kappa shape index (κ1) is 19.8. The third-order valence-electron chi connectivity index (χ3n) is 6.09. The summed E-state index contributed by atoms with van der Waals surface area (Å²) in [6.07, 6.45) is -1.59. The molecule has 0 spiro atoms. The molecule has 5 rings (SSSR count). The summed E-state index contributed by atoms with van der Waals surface area (Å²) in [5.41, 5.74) is 6.22. The molecular weight excluding hydrogens is 468 g/mol. The quantitative estimate of drug-likeness (QED) is 0.424. The lowest BCUT2D eigenvalue weighted by Gasteiger charge is -2.36. The second kappa shape index (κ2) is 8.33. The van der Waals surface area contributed by atoms with Crippen molar-refractivity contribution in [3.63, 3.8) is 0 Å². The van der Waals surface area contributed by atoms with Crippen molar-refractivity contribution in [2.75, 3.05) is 32.9 Å². The molecule has 9 nitrogen and oxygen atoms in total. The lowest BCUT2D eigenvalue weighted by Crippen LogP contribution is -2.46. The Kier molecular flexibility index (Phi) is 4.71. The largest absolute Gasteiger partial charge is 0.479 e. The van der Waals surface area contributed by atoms with Crippen LogP contribution in [0.15, 0.2) is 18.2 Å². The van der Waals surface area contributed by atoms with Crippen LogP contribution in [0.3, 0.4) is 0 Å². The van der Waals surface area contributed by atoms with Crippen LogP contribution in [-0.4, -0.2) is 73.8 Å². The number of alkyl halides is 3. The van der Waals surface area contributed by atoms with Crippen molar-refractivity contribution in [3.8, 4) is 17.0 Å². The summed E-state index contributed by atoms with van der Waals surface area (Å²) in [6, 6.07) is 4.59. The summed E-state index contributed by atoms with van der Waals surface area (Å²) in [5, 5.41) is 12.0. The lowest BCUT2D eigenvalue weighted by atomic mass is 9.89. The molecule has 0 aliphatic carbocycles. The van der Waals surface area contributed by atoms with Crippen molar-refractivity contribution in [2.45, 2.75) is 37.9 Å². The van der Waals surface area contributed by atoms with Gasteiger partial charge in [0, 0.05) is 4.11 Å². The van der Waals surface area contributed by atoms with E-state index in [2.05, 4.69) is 20.4 Å². The predicted octanol–water partition coefficient (Wildman–Crippen LogP) is 3.28. The molecule has 1 aliphatic rings. The Morgan fingerprint density at radius 2 is 2.17 bits per heavy atom. The number of benzene rings is 1. The van der Waals surface area contributed by atoms with E-state index in [1.54, 1.807) is 6.07 Å². The van der Waals surface area contributed by atoms with Crippen LogP contribution < -0.4 is 10.5 Å². The van der Waals surface area contributed by atoms with Crippen molar-refractivity contribution < 1.29 is 26.4 Å². The number of ether oxygens (including phenoxy) is 1. The molecule has 35 heavy (non-hydrogen) atoms. The molecule has 1 aromatic carbocycles. The minimum absolute atomic E-state index is 0.0412. The van der Waals surface area contributed by atoms with E-state index in [0.29, 0.717) is 15.9 Å². The Morgan fingerprint density at radius 3 is 2.86 bits per heavy atom. The molecule has 3 aromatic heterocycles. The zero-order chi connectivity index (χ0) is 27.6. The number of hydrogen-bond donors (Lipinski definition) is 1. The molecule has 4 aromatic rings. The average Bonchev–Trinajstić information content (AvgIpc) is 3.34. The Bertz CT molecular complexity index is 1520. The van der Waals surface area contributed by atoms with Crippen LogP contribution in [0.1, 0.15) is 29.1 Å². The highest BCUT2D eigenvalue weighted by Gasteiger charge is 2.48. The average molecular weight is 495 g/mol.